The van der Waals surface area contributed by atoms with Crippen LogP contribution in [0.15, 0.2) is 47.4 Å². The Hall–Kier alpha value is -3.93. The fourth-order valence-corrected chi connectivity index (χ4v) is 5.48. The summed E-state index contributed by atoms with van der Waals surface area (Å²) in [6.45, 7) is 4.15. The third kappa shape index (κ3) is 4.41. The van der Waals surface area contributed by atoms with Gasteiger partial charge in [-0.15, -0.1) is 0 Å². The fourth-order valence-electron chi connectivity index (χ4n) is 5.48. The van der Waals surface area contributed by atoms with Crippen LogP contribution in [0.2, 0.25) is 0 Å². The molecule has 3 atom stereocenters. The molecule has 0 bridgehead atoms. The molecule has 192 valence electrons. The number of nitriles is 1. The van der Waals surface area contributed by atoms with Gasteiger partial charge in [-0.05, 0) is 55.4 Å². The van der Waals surface area contributed by atoms with Crippen molar-refractivity contribution in [1.82, 2.24) is 9.47 Å². The van der Waals surface area contributed by atoms with Gasteiger partial charge in [0.05, 0.1) is 11.5 Å². The molecule has 1 saturated carbocycles. The van der Waals surface area contributed by atoms with E-state index in [4.69, 9.17) is 0 Å². The lowest BCUT2D eigenvalue weighted by Crippen LogP contribution is -2.45. The smallest absolute Gasteiger partial charge is 0.275 e. The van der Waals surface area contributed by atoms with Crippen molar-refractivity contribution in [2.45, 2.75) is 63.5 Å². The van der Waals surface area contributed by atoms with E-state index in [1.807, 2.05) is 38.1 Å². The Balaban J connectivity index is 1.49. The first-order valence-electron chi connectivity index (χ1n) is 12.9. The molecule has 5 rings (SSSR count). The molecule has 0 unspecified atom stereocenters. The predicted molar refractivity (Wildman–Crippen MR) is 138 cm³/mol. The second kappa shape index (κ2) is 9.51. The van der Waals surface area contributed by atoms with Gasteiger partial charge in [0.2, 0.25) is 17.7 Å². The average molecular weight is 502 g/mol. The third-order valence-electron chi connectivity index (χ3n) is 7.73. The number of aromatic nitrogens is 1. The van der Waals surface area contributed by atoms with E-state index in [9.17, 15) is 24.4 Å². The SMILES string of the molecule is CC(C)CC[C@@H](C(=O)N1C[C@]2(C[C@H]1C#N)C(=O)Nc1ccccc12)n1cccc(NC(=O)C2CC2)c1=O. The Kier molecular flexibility index (Phi) is 6.36. The van der Waals surface area contributed by atoms with Crippen LogP contribution in [0.5, 0.6) is 0 Å². The number of hydrogen-bond acceptors (Lipinski definition) is 5. The Labute approximate surface area is 215 Å². The molecule has 0 radical (unpaired) electrons. The number of carbonyl (C=O) groups excluding carboxylic acids is 3. The average Bonchev–Trinajstić information content (AvgIpc) is 3.60. The Morgan fingerprint density at radius 3 is 2.62 bits per heavy atom. The van der Waals surface area contributed by atoms with Gasteiger partial charge < -0.3 is 20.1 Å². The number of benzene rings is 1. The Morgan fingerprint density at radius 2 is 1.92 bits per heavy atom. The first kappa shape index (κ1) is 24.8. The molecular formula is C28H31N5O4. The Bertz CT molecular complexity index is 1350. The molecular weight excluding hydrogens is 470 g/mol. The van der Waals surface area contributed by atoms with E-state index in [-0.39, 0.29) is 48.2 Å². The van der Waals surface area contributed by atoms with Crippen LogP contribution in [-0.2, 0) is 19.8 Å². The molecule has 1 aliphatic carbocycles. The van der Waals surface area contributed by atoms with Crippen molar-refractivity contribution in [2.24, 2.45) is 11.8 Å². The zero-order chi connectivity index (χ0) is 26.3. The molecule has 2 fully saturated rings. The molecule has 9 heteroatoms. The topological polar surface area (TPSA) is 124 Å². The van der Waals surface area contributed by atoms with Gasteiger partial charge in [-0.2, -0.15) is 5.26 Å². The summed E-state index contributed by atoms with van der Waals surface area (Å²) in [6, 6.07) is 11.1. The number of anilines is 2. The van der Waals surface area contributed by atoms with Crippen molar-refractivity contribution in [1.29, 1.82) is 5.26 Å². The first-order valence-corrected chi connectivity index (χ1v) is 12.9. The van der Waals surface area contributed by atoms with E-state index in [2.05, 4.69) is 16.7 Å². The van der Waals surface area contributed by atoms with Gasteiger partial charge in [-0.25, -0.2) is 0 Å². The number of para-hydroxylation sites is 1. The third-order valence-corrected chi connectivity index (χ3v) is 7.73. The van der Waals surface area contributed by atoms with E-state index in [0.29, 0.717) is 18.5 Å². The molecule has 1 spiro atoms. The van der Waals surface area contributed by atoms with E-state index in [1.165, 1.54) is 9.47 Å². The summed E-state index contributed by atoms with van der Waals surface area (Å²) in [6.07, 6.45) is 4.45. The summed E-state index contributed by atoms with van der Waals surface area (Å²) >= 11 is 0. The summed E-state index contributed by atoms with van der Waals surface area (Å²) in [5.74, 6) is -0.548. The van der Waals surface area contributed by atoms with E-state index in [1.54, 1.807) is 18.3 Å². The van der Waals surface area contributed by atoms with Crippen LogP contribution < -0.4 is 16.2 Å². The number of fused-ring (bicyclic) bond motifs is 2. The van der Waals surface area contributed by atoms with Gasteiger partial charge in [0.1, 0.15) is 17.8 Å². The monoisotopic (exact) mass is 501 g/mol. The molecule has 1 aromatic carbocycles. The van der Waals surface area contributed by atoms with Crippen LogP contribution in [-0.4, -0.2) is 39.8 Å². The quantitative estimate of drug-likeness (QED) is 0.603. The zero-order valence-electron chi connectivity index (χ0n) is 21.1. The van der Waals surface area contributed by atoms with Crippen molar-refractivity contribution in [3.63, 3.8) is 0 Å². The minimum Gasteiger partial charge on any atom is -0.325 e. The normalized spacial score (nSPS) is 23.0. The van der Waals surface area contributed by atoms with E-state index < -0.39 is 23.1 Å². The van der Waals surface area contributed by atoms with Crippen molar-refractivity contribution < 1.29 is 14.4 Å². The molecule has 9 nitrogen and oxygen atoms in total. The highest BCUT2D eigenvalue weighted by Gasteiger charge is 2.56. The number of nitrogens with zero attached hydrogens (tertiary/aromatic N) is 3. The van der Waals surface area contributed by atoms with Gasteiger partial charge >= 0.3 is 0 Å². The van der Waals surface area contributed by atoms with E-state index >= 15 is 0 Å². The second-order valence-electron chi connectivity index (χ2n) is 10.8. The molecule has 1 saturated heterocycles. The molecule has 3 aliphatic rings. The van der Waals surface area contributed by atoms with Crippen molar-refractivity contribution in [3.05, 3.63) is 58.5 Å². The van der Waals surface area contributed by atoms with Crippen molar-refractivity contribution in [3.8, 4) is 6.07 Å². The lowest BCUT2D eigenvalue weighted by atomic mass is 9.80. The van der Waals surface area contributed by atoms with Gasteiger partial charge in [0.15, 0.2) is 0 Å². The minimum absolute atomic E-state index is 0.0657. The van der Waals surface area contributed by atoms with Crippen molar-refractivity contribution >= 4 is 29.1 Å². The van der Waals surface area contributed by atoms with Crippen LogP contribution in [0.3, 0.4) is 0 Å². The highest BCUT2D eigenvalue weighted by Crippen LogP contribution is 2.46. The zero-order valence-corrected chi connectivity index (χ0v) is 21.1. The molecule has 2 N–H and O–H groups in total. The highest BCUT2D eigenvalue weighted by molar-refractivity contribution is 6.07. The van der Waals surface area contributed by atoms with Gasteiger partial charge in [-0.3, -0.25) is 19.2 Å². The number of carbonyl (C=O) groups is 3. The number of hydrogen-bond donors (Lipinski definition) is 2. The summed E-state index contributed by atoms with van der Waals surface area (Å²) in [4.78, 5) is 54.4. The summed E-state index contributed by atoms with van der Waals surface area (Å²) in [5, 5.41) is 15.6. The highest BCUT2D eigenvalue weighted by atomic mass is 16.2. The van der Waals surface area contributed by atoms with Crippen LogP contribution >= 0.6 is 0 Å². The van der Waals surface area contributed by atoms with Gasteiger partial charge in [0, 0.05) is 30.8 Å². The number of likely N-dealkylation sites (tertiary alicyclic amines) is 1. The predicted octanol–water partition coefficient (Wildman–Crippen LogP) is 3.19. The van der Waals surface area contributed by atoms with Gasteiger partial charge in [-0.1, -0.05) is 32.0 Å². The number of amides is 3. The summed E-state index contributed by atoms with van der Waals surface area (Å²) in [5.41, 5.74) is 0.173. The number of nitrogens with one attached hydrogen (secondary N) is 2. The first-order chi connectivity index (χ1) is 17.7. The van der Waals surface area contributed by atoms with Gasteiger partial charge in [0.25, 0.3) is 5.56 Å². The van der Waals surface area contributed by atoms with Crippen LogP contribution in [0.4, 0.5) is 11.4 Å². The largest absolute Gasteiger partial charge is 0.325 e. The van der Waals surface area contributed by atoms with Crippen LogP contribution in [0, 0.1) is 23.2 Å². The molecule has 2 aromatic rings. The molecule has 1 aromatic heterocycles. The lowest BCUT2D eigenvalue weighted by Gasteiger charge is -2.28. The second-order valence-corrected chi connectivity index (χ2v) is 10.8. The number of rotatable bonds is 7. The maximum Gasteiger partial charge on any atom is 0.275 e. The molecule has 37 heavy (non-hydrogen) atoms. The molecule has 3 heterocycles. The standard InChI is InChI=1S/C28H31N5O4/c1-17(2)9-12-23(32-13-5-8-22(25(32)35)30-24(34)18-10-11-18)26(36)33-16-28(14-19(33)15-29)20-6-3-4-7-21(20)31-27(28)37/h3-8,13,17-19,23H,9-12,14,16H2,1-2H3,(H,30,34)(H,31,37)/t19-,23-,28-/m0/s1. The minimum atomic E-state index is -1.000. The number of pyridine rings is 1. The van der Waals surface area contributed by atoms with Crippen LogP contribution in [0.25, 0.3) is 0 Å². The summed E-state index contributed by atoms with van der Waals surface area (Å²) < 4.78 is 1.37. The van der Waals surface area contributed by atoms with Crippen LogP contribution in [0.1, 0.15) is 57.6 Å². The molecule has 2 aliphatic heterocycles. The summed E-state index contributed by atoms with van der Waals surface area (Å²) in [7, 11) is 0. The lowest BCUT2D eigenvalue weighted by molar-refractivity contribution is -0.135. The van der Waals surface area contributed by atoms with E-state index in [0.717, 1.165) is 18.4 Å². The molecule has 3 amide bonds. The van der Waals surface area contributed by atoms with Crippen molar-refractivity contribution in [2.75, 3.05) is 17.2 Å². The Morgan fingerprint density at radius 1 is 1.16 bits per heavy atom. The maximum absolute atomic E-state index is 14.1. The fraction of sp³-hybridized carbons (Fsp3) is 0.464. The maximum atomic E-state index is 14.1.